The number of aliphatic carboxylic acids is 1. The Hall–Kier alpha value is -3.75. The molecule has 0 unspecified atom stereocenters. The molecule has 0 saturated carbocycles. The number of carbonyl (C=O) groups excluding carboxylic acids is 1. The molecule has 1 aliphatic heterocycles. The number of carboxylic acid groups (broad SMARTS) is 1. The number of aromatic nitrogens is 3. The minimum atomic E-state index is -0.815. The van der Waals surface area contributed by atoms with Crippen molar-refractivity contribution < 1.29 is 14.7 Å². The number of piperazine rings is 1. The highest BCUT2D eigenvalue weighted by Gasteiger charge is 2.24. The number of fused-ring (bicyclic) bond motifs is 1. The lowest BCUT2D eigenvalue weighted by Crippen LogP contribution is -2.49. The van der Waals surface area contributed by atoms with Crippen LogP contribution < -0.4 is 4.90 Å². The van der Waals surface area contributed by atoms with Crippen LogP contribution in [0.5, 0.6) is 0 Å². The van der Waals surface area contributed by atoms with Gasteiger partial charge in [0, 0.05) is 54.9 Å². The smallest absolute Gasteiger partial charge is 0.303 e. The molecule has 200 valence electrons. The number of nitrogens with zero attached hydrogens (tertiary/aromatic N) is 5. The third-order valence-corrected chi connectivity index (χ3v) is 7.31. The molecule has 2 aromatic heterocycles. The average Bonchev–Trinajstić information content (AvgIpc) is 2.95. The molecule has 1 aliphatic rings. The van der Waals surface area contributed by atoms with Crippen LogP contribution in [0, 0.1) is 0 Å². The van der Waals surface area contributed by atoms with E-state index in [0.29, 0.717) is 72.1 Å². The van der Waals surface area contributed by atoms with Gasteiger partial charge in [-0.2, -0.15) is 0 Å². The summed E-state index contributed by atoms with van der Waals surface area (Å²) in [5.41, 5.74) is 4.25. The van der Waals surface area contributed by atoms with Gasteiger partial charge >= 0.3 is 5.97 Å². The minimum Gasteiger partial charge on any atom is -0.481 e. The number of aryl methyl sites for hydroxylation is 1. The molecule has 0 atom stereocenters. The lowest BCUT2D eigenvalue weighted by molar-refractivity contribution is -0.137. The predicted octanol–water partition coefficient (Wildman–Crippen LogP) is 5.76. The summed E-state index contributed by atoms with van der Waals surface area (Å²) in [6.45, 7) is 2.39. The molecule has 4 aromatic rings. The topological polar surface area (TPSA) is 99.5 Å². The molecule has 2 aromatic carbocycles. The fourth-order valence-electron chi connectivity index (χ4n) is 4.72. The largest absolute Gasteiger partial charge is 0.481 e. The van der Waals surface area contributed by atoms with E-state index < -0.39 is 5.97 Å². The van der Waals surface area contributed by atoms with Crippen molar-refractivity contribution in [1.29, 1.82) is 0 Å². The first-order valence-electron chi connectivity index (χ1n) is 12.8. The molecule has 5 rings (SSSR count). The lowest BCUT2D eigenvalue weighted by atomic mass is 10.0. The molecule has 39 heavy (non-hydrogen) atoms. The molecule has 0 spiro atoms. The first-order valence-corrected chi connectivity index (χ1v) is 13.6. The van der Waals surface area contributed by atoms with Gasteiger partial charge in [0.1, 0.15) is 5.82 Å². The normalized spacial score (nSPS) is 13.6. The highest BCUT2D eigenvalue weighted by Crippen LogP contribution is 2.28. The second-order valence-corrected chi connectivity index (χ2v) is 10.3. The Bertz CT molecular complexity index is 1510. The van der Waals surface area contributed by atoms with E-state index in [1.165, 1.54) is 0 Å². The van der Waals surface area contributed by atoms with Gasteiger partial charge in [0.25, 0.3) is 5.91 Å². The number of amides is 1. The highest BCUT2D eigenvalue weighted by atomic mass is 35.5. The van der Waals surface area contributed by atoms with Crippen molar-refractivity contribution in [2.45, 2.75) is 25.7 Å². The van der Waals surface area contributed by atoms with Crippen molar-refractivity contribution in [3.63, 3.8) is 0 Å². The first-order chi connectivity index (χ1) is 18.9. The Kier molecular flexibility index (Phi) is 8.24. The highest BCUT2D eigenvalue weighted by molar-refractivity contribution is 6.33. The van der Waals surface area contributed by atoms with E-state index in [1.54, 1.807) is 36.5 Å². The Morgan fingerprint density at radius 3 is 2.38 bits per heavy atom. The third-order valence-electron chi connectivity index (χ3n) is 6.76. The SMILES string of the molecule is O=C(O)CCCCc1nc2cc(C(=O)N3CCN(c4ncccc4Cl)CC3)ccc2nc1-c1ccc(Cl)cc1. The van der Waals surface area contributed by atoms with E-state index in [2.05, 4.69) is 9.88 Å². The zero-order chi connectivity index (χ0) is 27.4. The second-order valence-electron chi connectivity index (χ2n) is 9.42. The molecule has 10 heteroatoms. The van der Waals surface area contributed by atoms with E-state index in [4.69, 9.17) is 38.3 Å². The van der Waals surface area contributed by atoms with Gasteiger partial charge in [-0.25, -0.2) is 15.0 Å². The summed E-state index contributed by atoms with van der Waals surface area (Å²) in [5, 5.41) is 10.2. The van der Waals surface area contributed by atoms with Crippen molar-refractivity contribution in [2.24, 2.45) is 0 Å². The maximum absolute atomic E-state index is 13.4. The number of rotatable bonds is 8. The fourth-order valence-corrected chi connectivity index (χ4v) is 5.09. The summed E-state index contributed by atoms with van der Waals surface area (Å²) < 4.78 is 0. The van der Waals surface area contributed by atoms with Gasteiger partial charge in [-0.3, -0.25) is 9.59 Å². The van der Waals surface area contributed by atoms with Crippen LogP contribution >= 0.6 is 23.2 Å². The van der Waals surface area contributed by atoms with Crippen molar-refractivity contribution in [2.75, 3.05) is 31.1 Å². The number of hydrogen-bond donors (Lipinski definition) is 1. The quantitative estimate of drug-likeness (QED) is 0.272. The minimum absolute atomic E-state index is 0.0600. The number of hydrogen-bond acceptors (Lipinski definition) is 6. The second kappa shape index (κ2) is 12.0. The van der Waals surface area contributed by atoms with Crippen molar-refractivity contribution >= 4 is 51.9 Å². The summed E-state index contributed by atoms with van der Waals surface area (Å²) in [7, 11) is 0. The van der Waals surface area contributed by atoms with Crippen molar-refractivity contribution in [3.8, 4) is 11.3 Å². The molecular weight excluding hydrogens is 537 g/mol. The van der Waals surface area contributed by atoms with Crippen LogP contribution in [0.3, 0.4) is 0 Å². The number of carboxylic acids is 1. The standard InChI is InChI=1S/C29H27Cl2N5O3/c30-21-10-7-19(8-11-21)27-24(5-1-2-6-26(37)38)33-25-18-20(9-12-23(25)34-27)29(39)36-16-14-35(15-17-36)28-22(31)4-3-13-32-28/h3-4,7-13,18H,1-2,5-6,14-17H2,(H,37,38). The molecule has 3 heterocycles. The van der Waals surface area contributed by atoms with Crippen LogP contribution in [-0.4, -0.2) is 63.0 Å². The summed E-state index contributed by atoms with van der Waals surface area (Å²) in [4.78, 5) is 42.4. The Labute approximate surface area is 236 Å². The van der Waals surface area contributed by atoms with E-state index in [1.807, 2.05) is 29.2 Å². The monoisotopic (exact) mass is 563 g/mol. The van der Waals surface area contributed by atoms with Gasteiger partial charge in [0.05, 0.1) is 27.4 Å². The number of benzene rings is 2. The predicted molar refractivity (Wildman–Crippen MR) is 153 cm³/mol. The van der Waals surface area contributed by atoms with Crippen molar-refractivity contribution in [1.82, 2.24) is 19.9 Å². The molecule has 8 nitrogen and oxygen atoms in total. The molecule has 1 amide bonds. The van der Waals surface area contributed by atoms with Crippen LogP contribution in [0.4, 0.5) is 5.82 Å². The Morgan fingerprint density at radius 1 is 0.897 bits per heavy atom. The van der Waals surface area contributed by atoms with E-state index in [-0.39, 0.29) is 12.3 Å². The van der Waals surface area contributed by atoms with E-state index in [9.17, 15) is 9.59 Å². The zero-order valence-electron chi connectivity index (χ0n) is 21.2. The third kappa shape index (κ3) is 6.29. The lowest BCUT2D eigenvalue weighted by Gasteiger charge is -2.35. The first kappa shape index (κ1) is 26.8. The van der Waals surface area contributed by atoms with Gasteiger partial charge in [-0.15, -0.1) is 0 Å². The van der Waals surface area contributed by atoms with Gasteiger partial charge in [0.2, 0.25) is 0 Å². The molecule has 0 bridgehead atoms. The van der Waals surface area contributed by atoms with Crippen LogP contribution in [-0.2, 0) is 11.2 Å². The Morgan fingerprint density at radius 2 is 1.67 bits per heavy atom. The number of carbonyl (C=O) groups is 2. The van der Waals surface area contributed by atoms with Gasteiger partial charge < -0.3 is 14.9 Å². The average molecular weight is 564 g/mol. The summed E-state index contributed by atoms with van der Waals surface area (Å²) >= 11 is 12.4. The molecule has 1 N–H and O–H groups in total. The maximum atomic E-state index is 13.4. The molecule has 0 radical (unpaired) electrons. The van der Waals surface area contributed by atoms with Crippen molar-refractivity contribution in [3.05, 3.63) is 82.1 Å². The number of anilines is 1. The van der Waals surface area contributed by atoms with Gasteiger partial charge in [0.15, 0.2) is 0 Å². The summed E-state index contributed by atoms with van der Waals surface area (Å²) in [6, 6.07) is 16.4. The number of halogens is 2. The van der Waals surface area contributed by atoms with E-state index >= 15 is 0 Å². The summed E-state index contributed by atoms with van der Waals surface area (Å²) in [6.07, 6.45) is 3.60. The summed E-state index contributed by atoms with van der Waals surface area (Å²) in [5.74, 6) is -0.139. The zero-order valence-corrected chi connectivity index (χ0v) is 22.7. The number of pyridine rings is 1. The van der Waals surface area contributed by atoms with Gasteiger partial charge in [-0.05, 0) is 61.7 Å². The molecule has 1 saturated heterocycles. The molecule has 0 aliphatic carbocycles. The van der Waals surface area contributed by atoms with Crippen LogP contribution in [0.2, 0.25) is 10.0 Å². The van der Waals surface area contributed by atoms with Gasteiger partial charge in [-0.1, -0.05) is 35.3 Å². The van der Waals surface area contributed by atoms with Crippen LogP contribution in [0.1, 0.15) is 35.3 Å². The van der Waals surface area contributed by atoms with E-state index in [0.717, 1.165) is 22.8 Å². The Balaban J connectivity index is 1.37. The van der Waals surface area contributed by atoms with Crippen LogP contribution in [0.25, 0.3) is 22.3 Å². The van der Waals surface area contributed by atoms with Crippen LogP contribution in [0.15, 0.2) is 60.8 Å². The fraction of sp³-hybridized carbons (Fsp3) is 0.276. The molecular formula is C29H27Cl2N5O3. The maximum Gasteiger partial charge on any atom is 0.303 e. The number of unbranched alkanes of at least 4 members (excludes halogenated alkanes) is 1. The molecule has 1 fully saturated rings.